The SMILES string of the molecule is O=C(Oc1ccc(F)cc1C(=O)/C=C/c1cccs1)c1ccc(Cl)cc1. The predicted octanol–water partition coefficient (Wildman–Crippen LogP) is 5.66. The maximum absolute atomic E-state index is 13.6. The number of hydrogen-bond acceptors (Lipinski definition) is 4. The third-order valence-corrected chi connectivity index (χ3v) is 4.52. The summed E-state index contributed by atoms with van der Waals surface area (Å²) in [7, 11) is 0. The van der Waals surface area contributed by atoms with Crippen molar-refractivity contribution in [3.63, 3.8) is 0 Å². The maximum atomic E-state index is 13.6. The van der Waals surface area contributed by atoms with Crippen LogP contribution in [0, 0.1) is 5.82 Å². The Morgan fingerprint density at radius 2 is 1.85 bits per heavy atom. The van der Waals surface area contributed by atoms with Gasteiger partial charge in [-0.2, -0.15) is 0 Å². The minimum atomic E-state index is -0.662. The third-order valence-electron chi connectivity index (χ3n) is 3.43. The number of halogens is 2. The summed E-state index contributed by atoms with van der Waals surface area (Å²) < 4.78 is 18.9. The number of carbonyl (C=O) groups excluding carboxylic acids is 2. The molecule has 0 spiro atoms. The summed E-state index contributed by atoms with van der Waals surface area (Å²) in [5.41, 5.74) is 0.242. The van der Waals surface area contributed by atoms with Gasteiger partial charge in [0, 0.05) is 9.90 Å². The first kappa shape index (κ1) is 18.0. The molecule has 3 aromatic rings. The fraction of sp³-hybridized carbons (Fsp3) is 0. The van der Waals surface area contributed by atoms with Crippen LogP contribution in [0.25, 0.3) is 6.08 Å². The van der Waals surface area contributed by atoms with Crippen molar-refractivity contribution >= 4 is 40.8 Å². The Balaban J connectivity index is 1.84. The lowest BCUT2D eigenvalue weighted by molar-refractivity contribution is 0.0733. The number of ketones is 1. The van der Waals surface area contributed by atoms with Gasteiger partial charge < -0.3 is 4.74 Å². The number of benzene rings is 2. The molecule has 0 radical (unpaired) electrons. The van der Waals surface area contributed by atoms with Crippen molar-refractivity contribution in [2.75, 3.05) is 0 Å². The highest BCUT2D eigenvalue weighted by Crippen LogP contribution is 2.23. The van der Waals surface area contributed by atoms with Gasteiger partial charge in [0.05, 0.1) is 11.1 Å². The number of ether oxygens (including phenoxy) is 1. The van der Waals surface area contributed by atoms with Gasteiger partial charge in [-0.25, -0.2) is 9.18 Å². The van der Waals surface area contributed by atoms with Gasteiger partial charge in [-0.3, -0.25) is 4.79 Å². The molecular formula is C20H12ClFO3S. The van der Waals surface area contributed by atoms with Gasteiger partial charge in [0.2, 0.25) is 0 Å². The number of allylic oxidation sites excluding steroid dienone is 1. The summed E-state index contributed by atoms with van der Waals surface area (Å²) in [6, 6.07) is 13.3. The van der Waals surface area contributed by atoms with Crippen LogP contribution in [0.4, 0.5) is 4.39 Å². The lowest BCUT2D eigenvalue weighted by Crippen LogP contribution is -2.11. The topological polar surface area (TPSA) is 43.4 Å². The summed E-state index contributed by atoms with van der Waals surface area (Å²) in [5.74, 6) is -1.72. The van der Waals surface area contributed by atoms with Crippen molar-refractivity contribution in [1.82, 2.24) is 0 Å². The number of esters is 1. The Kier molecular flexibility index (Phi) is 5.61. The van der Waals surface area contributed by atoms with E-state index in [1.54, 1.807) is 18.2 Å². The fourth-order valence-electron chi connectivity index (χ4n) is 2.16. The second-order valence-electron chi connectivity index (χ2n) is 5.25. The number of thiophene rings is 1. The highest BCUT2D eigenvalue weighted by atomic mass is 35.5. The van der Waals surface area contributed by atoms with E-state index in [9.17, 15) is 14.0 Å². The Hall–Kier alpha value is -2.76. The lowest BCUT2D eigenvalue weighted by Gasteiger charge is -2.08. The first-order valence-electron chi connectivity index (χ1n) is 7.56. The molecule has 2 aromatic carbocycles. The highest BCUT2D eigenvalue weighted by molar-refractivity contribution is 7.10. The Labute approximate surface area is 158 Å². The number of carbonyl (C=O) groups is 2. The zero-order valence-corrected chi connectivity index (χ0v) is 14.9. The lowest BCUT2D eigenvalue weighted by atomic mass is 10.1. The molecule has 1 heterocycles. The van der Waals surface area contributed by atoms with E-state index < -0.39 is 17.6 Å². The van der Waals surface area contributed by atoms with Crippen molar-refractivity contribution in [3.8, 4) is 5.75 Å². The molecule has 0 aliphatic carbocycles. The molecule has 0 unspecified atom stereocenters. The minimum Gasteiger partial charge on any atom is -0.422 e. The van der Waals surface area contributed by atoms with E-state index in [1.807, 2.05) is 17.5 Å². The van der Waals surface area contributed by atoms with Gasteiger partial charge in [0.1, 0.15) is 11.6 Å². The number of hydrogen-bond donors (Lipinski definition) is 0. The normalized spacial score (nSPS) is 10.8. The van der Waals surface area contributed by atoms with Crippen LogP contribution < -0.4 is 4.74 Å². The molecule has 0 N–H and O–H groups in total. The standard InChI is InChI=1S/C20H12ClFO3S/c21-14-5-3-13(4-6-14)20(24)25-19-10-7-15(22)12-17(19)18(23)9-8-16-2-1-11-26-16/h1-12H/b9-8+. The third kappa shape index (κ3) is 4.45. The molecule has 1 aromatic heterocycles. The Bertz CT molecular complexity index is 963. The summed E-state index contributed by atoms with van der Waals surface area (Å²) in [6.45, 7) is 0. The van der Waals surface area contributed by atoms with Gasteiger partial charge >= 0.3 is 5.97 Å². The van der Waals surface area contributed by atoms with E-state index in [0.29, 0.717) is 5.02 Å². The molecular weight excluding hydrogens is 375 g/mol. The van der Waals surface area contributed by atoms with Crippen LogP contribution in [-0.4, -0.2) is 11.8 Å². The summed E-state index contributed by atoms with van der Waals surface area (Å²) in [5, 5.41) is 2.36. The summed E-state index contributed by atoms with van der Waals surface area (Å²) >= 11 is 7.26. The molecule has 0 atom stereocenters. The second-order valence-corrected chi connectivity index (χ2v) is 6.67. The van der Waals surface area contributed by atoms with E-state index >= 15 is 0 Å². The van der Waals surface area contributed by atoms with E-state index in [2.05, 4.69) is 0 Å². The first-order chi connectivity index (χ1) is 12.5. The molecule has 0 aliphatic rings. The largest absolute Gasteiger partial charge is 0.422 e. The van der Waals surface area contributed by atoms with Gasteiger partial charge in [-0.15, -0.1) is 11.3 Å². The van der Waals surface area contributed by atoms with Gasteiger partial charge in [0.25, 0.3) is 0 Å². The zero-order valence-electron chi connectivity index (χ0n) is 13.3. The molecule has 3 nitrogen and oxygen atoms in total. The van der Waals surface area contributed by atoms with E-state index in [1.165, 1.54) is 35.6 Å². The van der Waals surface area contributed by atoms with E-state index in [0.717, 1.165) is 17.0 Å². The predicted molar refractivity (Wildman–Crippen MR) is 100 cm³/mol. The molecule has 6 heteroatoms. The van der Waals surface area contributed by atoms with Crippen LogP contribution in [0.15, 0.2) is 66.1 Å². The van der Waals surface area contributed by atoms with Crippen molar-refractivity contribution in [2.45, 2.75) is 0 Å². The molecule has 0 fully saturated rings. The second kappa shape index (κ2) is 8.08. The highest BCUT2D eigenvalue weighted by Gasteiger charge is 2.16. The van der Waals surface area contributed by atoms with Crippen LogP contribution in [0.1, 0.15) is 25.6 Å². The van der Waals surface area contributed by atoms with E-state index in [-0.39, 0.29) is 16.9 Å². The minimum absolute atomic E-state index is 0.00724. The molecule has 0 saturated heterocycles. The molecule has 0 bridgehead atoms. The zero-order chi connectivity index (χ0) is 18.5. The molecule has 0 amide bonds. The Morgan fingerprint density at radius 1 is 1.08 bits per heavy atom. The smallest absolute Gasteiger partial charge is 0.343 e. The van der Waals surface area contributed by atoms with Crippen molar-refractivity contribution in [1.29, 1.82) is 0 Å². The van der Waals surface area contributed by atoms with Crippen molar-refractivity contribution in [2.24, 2.45) is 0 Å². The molecule has 26 heavy (non-hydrogen) atoms. The average Bonchev–Trinajstić information content (AvgIpc) is 3.15. The van der Waals surface area contributed by atoms with Crippen molar-refractivity contribution in [3.05, 3.63) is 92.9 Å². The van der Waals surface area contributed by atoms with Gasteiger partial charge in [-0.1, -0.05) is 17.7 Å². The molecule has 130 valence electrons. The first-order valence-corrected chi connectivity index (χ1v) is 8.82. The van der Waals surface area contributed by atoms with E-state index in [4.69, 9.17) is 16.3 Å². The fourth-order valence-corrected chi connectivity index (χ4v) is 2.91. The molecule has 3 rings (SSSR count). The van der Waals surface area contributed by atoms with Crippen LogP contribution in [0.5, 0.6) is 5.75 Å². The molecule has 0 aliphatic heterocycles. The monoisotopic (exact) mass is 386 g/mol. The number of rotatable bonds is 5. The maximum Gasteiger partial charge on any atom is 0.343 e. The summed E-state index contributed by atoms with van der Waals surface area (Å²) in [6.07, 6.45) is 2.95. The van der Waals surface area contributed by atoms with Crippen molar-refractivity contribution < 1.29 is 18.7 Å². The summed E-state index contributed by atoms with van der Waals surface area (Å²) in [4.78, 5) is 25.5. The molecule has 0 saturated carbocycles. The Morgan fingerprint density at radius 3 is 2.54 bits per heavy atom. The average molecular weight is 387 g/mol. The van der Waals surface area contributed by atoms with Gasteiger partial charge in [0.15, 0.2) is 5.78 Å². The van der Waals surface area contributed by atoms with Crippen LogP contribution >= 0.6 is 22.9 Å². The van der Waals surface area contributed by atoms with Crippen LogP contribution in [0.3, 0.4) is 0 Å². The van der Waals surface area contributed by atoms with Crippen LogP contribution in [0.2, 0.25) is 5.02 Å². The van der Waals surface area contributed by atoms with Crippen LogP contribution in [-0.2, 0) is 0 Å². The quantitative estimate of drug-likeness (QED) is 0.246. The van der Waals surface area contributed by atoms with Gasteiger partial charge in [-0.05, 0) is 66.1 Å².